The SMILES string of the molecule is CCCC(=O)c1c(O)c2cccnc2n(C(=O)c2ccccc2)c1=O. The molecule has 0 saturated carbocycles. The molecule has 0 spiro atoms. The summed E-state index contributed by atoms with van der Waals surface area (Å²) in [6, 6.07) is 11.3. The maximum Gasteiger partial charge on any atom is 0.274 e. The summed E-state index contributed by atoms with van der Waals surface area (Å²) in [5, 5.41) is 10.6. The molecule has 0 atom stereocenters. The molecule has 126 valence electrons. The van der Waals surface area contributed by atoms with Crippen molar-refractivity contribution < 1.29 is 14.7 Å². The average Bonchev–Trinajstić information content (AvgIpc) is 2.63. The summed E-state index contributed by atoms with van der Waals surface area (Å²) in [4.78, 5) is 42.1. The van der Waals surface area contributed by atoms with Crippen molar-refractivity contribution in [1.82, 2.24) is 9.55 Å². The van der Waals surface area contributed by atoms with Crippen LogP contribution < -0.4 is 5.56 Å². The fourth-order valence-electron chi connectivity index (χ4n) is 2.71. The number of carbonyl (C=O) groups is 2. The normalized spacial score (nSPS) is 10.8. The largest absolute Gasteiger partial charge is 0.506 e. The summed E-state index contributed by atoms with van der Waals surface area (Å²) in [7, 11) is 0. The Morgan fingerprint density at radius 2 is 1.84 bits per heavy atom. The number of aromatic nitrogens is 2. The number of hydrogen-bond donors (Lipinski definition) is 1. The van der Waals surface area contributed by atoms with Gasteiger partial charge in [-0.3, -0.25) is 14.4 Å². The maximum absolute atomic E-state index is 12.9. The van der Waals surface area contributed by atoms with Crippen LogP contribution >= 0.6 is 0 Å². The molecule has 1 aromatic carbocycles. The van der Waals surface area contributed by atoms with Crippen molar-refractivity contribution in [2.24, 2.45) is 0 Å². The third-order valence-electron chi connectivity index (χ3n) is 3.89. The third-order valence-corrected chi connectivity index (χ3v) is 3.89. The highest BCUT2D eigenvalue weighted by Gasteiger charge is 2.25. The van der Waals surface area contributed by atoms with Gasteiger partial charge in [0.25, 0.3) is 11.5 Å². The lowest BCUT2D eigenvalue weighted by molar-refractivity contribution is 0.0958. The second-order valence-electron chi connectivity index (χ2n) is 5.58. The molecular weight excluding hydrogens is 320 g/mol. The highest BCUT2D eigenvalue weighted by atomic mass is 16.3. The smallest absolute Gasteiger partial charge is 0.274 e. The van der Waals surface area contributed by atoms with E-state index in [1.165, 1.54) is 12.3 Å². The number of nitrogens with zero attached hydrogens (tertiary/aromatic N) is 2. The molecule has 0 aliphatic rings. The van der Waals surface area contributed by atoms with Crippen molar-refractivity contribution in [1.29, 1.82) is 0 Å². The van der Waals surface area contributed by atoms with E-state index in [-0.39, 0.29) is 28.6 Å². The molecular formula is C19H16N2O4. The van der Waals surface area contributed by atoms with E-state index in [9.17, 15) is 19.5 Å². The zero-order chi connectivity index (χ0) is 18.0. The lowest BCUT2D eigenvalue weighted by Crippen LogP contribution is -2.32. The van der Waals surface area contributed by atoms with E-state index in [1.807, 2.05) is 0 Å². The number of hydrogen-bond acceptors (Lipinski definition) is 5. The minimum Gasteiger partial charge on any atom is -0.506 e. The second kappa shape index (κ2) is 6.68. The molecule has 1 N–H and O–H groups in total. The van der Waals surface area contributed by atoms with Crippen LogP contribution in [0.3, 0.4) is 0 Å². The second-order valence-corrected chi connectivity index (χ2v) is 5.58. The van der Waals surface area contributed by atoms with E-state index in [2.05, 4.69) is 4.98 Å². The Labute approximate surface area is 143 Å². The number of benzene rings is 1. The Balaban J connectivity index is 2.36. The van der Waals surface area contributed by atoms with Gasteiger partial charge in [-0.05, 0) is 30.7 Å². The fourth-order valence-corrected chi connectivity index (χ4v) is 2.71. The topological polar surface area (TPSA) is 89.3 Å². The van der Waals surface area contributed by atoms with E-state index in [4.69, 9.17) is 0 Å². The minimum absolute atomic E-state index is 0.0203. The number of ketones is 1. The van der Waals surface area contributed by atoms with Crippen LogP contribution in [0.4, 0.5) is 0 Å². The van der Waals surface area contributed by atoms with Gasteiger partial charge in [-0.15, -0.1) is 0 Å². The number of rotatable bonds is 4. The van der Waals surface area contributed by atoms with E-state index in [1.54, 1.807) is 43.3 Å². The molecule has 0 saturated heterocycles. The van der Waals surface area contributed by atoms with Crippen LogP contribution in [0.15, 0.2) is 53.5 Å². The Morgan fingerprint density at radius 1 is 1.12 bits per heavy atom. The number of fused-ring (bicyclic) bond motifs is 1. The van der Waals surface area contributed by atoms with E-state index in [0.29, 0.717) is 6.42 Å². The predicted octanol–water partition coefficient (Wildman–Crippen LogP) is 2.77. The lowest BCUT2D eigenvalue weighted by atomic mass is 10.0. The summed E-state index contributed by atoms with van der Waals surface area (Å²) in [5.41, 5.74) is -0.911. The van der Waals surface area contributed by atoms with Gasteiger partial charge in [0.1, 0.15) is 11.3 Å². The molecule has 3 rings (SSSR count). The van der Waals surface area contributed by atoms with E-state index >= 15 is 0 Å². The Morgan fingerprint density at radius 3 is 2.52 bits per heavy atom. The predicted molar refractivity (Wildman–Crippen MR) is 93.1 cm³/mol. The molecule has 2 heterocycles. The quantitative estimate of drug-likeness (QED) is 0.740. The maximum atomic E-state index is 12.9. The molecule has 0 aliphatic heterocycles. The summed E-state index contributed by atoms with van der Waals surface area (Å²) in [6.07, 6.45) is 2.05. The van der Waals surface area contributed by atoms with Gasteiger partial charge in [-0.1, -0.05) is 25.1 Å². The standard InChI is InChI=1S/C19H16N2O4/c1-2-7-14(22)15-16(23)13-10-6-11-20-17(13)21(19(15)25)18(24)12-8-4-3-5-9-12/h3-6,8-11,23H,2,7H2,1H3. The van der Waals surface area contributed by atoms with Gasteiger partial charge < -0.3 is 5.11 Å². The highest BCUT2D eigenvalue weighted by molar-refractivity contribution is 6.07. The monoisotopic (exact) mass is 336 g/mol. The average molecular weight is 336 g/mol. The lowest BCUT2D eigenvalue weighted by Gasteiger charge is -2.12. The molecule has 0 amide bonds. The van der Waals surface area contributed by atoms with Crippen molar-refractivity contribution in [2.75, 3.05) is 0 Å². The molecule has 0 bridgehead atoms. The van der Waals surface area contributed by atoms with Gasteiger partial charge in [0.2, 0.25) is 0 Å². The molecule has 6 nitrogen and oxygen atoms in total. The minimum atomic E-state index is -0.851. The van der Waals surface area contributed by atoms with Crippen molar-refractivity contribution >= 4 is 22.7 Å². The van der Waals surface area contributed by atoms with Crippen molar-refractivity contribution in [3.63, 3.8) is 0 Å². The summed E-state index contributed by atoms with van der Waals surface area (Å²) >= 11 is 0. The van der Waals surface area contributed by atoms with Gasteiger partial charge >= 0.3 is 0 Å². The van der Waals surface area contributed by atoms with Crippen LogP contribution in [0.5, 0.6) is 5.75 Å². The van der Waals surface area contributed by atoms with Crippen molar-refractivity contribution in [3.8, 4) is 5.75 Å². The van der Waals surface area contributed by atoms with Gasteiger partial charge in [0.15, 0.2) is 11.4 Å². The zero-order valence-corrected chi connectivity index (χ0v) is 13.6. The van der Waals surface area contributed by atoms with Gasteiger partial charge in [0, 0.05) is 18.2 Å². The van der Waals surface area contributed by atoms with Crippen LogP contribution in [-0.4, -0.2) is 26.3 Å². The first kappa shape index (κ1) is 16.6. The molecule has 0 radical (unpaired) electrons. The van der Waals surface area contributed by atoms with E-state index in [0.717, 1.165) is 4.57 Å². The molecule has 6 heteroatoms. The van der Waals surface area contributed by atoms with Crippen LogP contribution in [0.25, 0.3) is 11.0 Å². The highest BCUT2D eigenvalue weighted by Crippen LogP contribution is 2.26. The Bertz CT molecular complexity index is 1020. The first-order valence-electron chi connectivity index (χ1n) is 7.92. The van der Waals surface area contributed by atoms with E-state index < -0.39 is 23.0 Å². The molecule has 0 fully saturated rings. The fraction of sp³-hybridized carbons (Fsp3) is 0.158. The zero-order valence-electron chi connectivity index (χ0n) is 13.6. The third kappa shape index (κ3) is 2.82. The van der Waals surface area contributed by atoms with Crippen molar-refractivity contribution in [2.45, 2.75) is 19.8 Å². The molecule has 0 aliphatic carbocycles. The Hall–Kier alpha value is -3.28. The first-order chi connectivity index (χ1) is 12.1. The number of pyridine rings is 2. The Kier molecular flexibility index (Phi) is 4.43. The van der Waals surface area contributed by atoms with Gasteiger partial charge in [-0.25, -0.2) is 9.55 Å². The number of carbonyl (C=O) groups excluding carboxylic acids is 2. The molecule has 2 aromatic heterocycles. The number of Topliss-reactive ketones (excluding diaryl/α,β-unsaturated/α-hetero) is 1. The molecule has 3 aromatic rings. The summed E-state index contributed by atoms with van der Waals surface area (Å²) in [6.45, 7) is 1.80. The molecule has 25 heavy (non-hydrogen) atoms. The summed E-state index contributed by atoms with van der Waals surface area (Å²) in [5.74, 6) is -1.52. The number of aromatic hydroxyl groups is 1. The van der Waals surface area contributed by atoms with Gasteiger partial charge in [0.05, 0.1) is 5.39 Å². The van der Waals surface area contributed by atoms with Crippen LogP contribution in [0.2, 0.25) is 0 Å². The summed E-state index contributed by atoms with van der Waals surface area (Å²) < 4.78 is 0.854. The van der Waals surface area contributed by atoms with Crippen molar-refractivity contribution in [3.05, 3.63) is 70.1 Å². The molecule has 0 unspecified atom stereocenters. The van der Waals surface area contributed by atoms with Crippen LogP contribution in [0.1, 0.15) is 40.5 Å². The van der Waals surface area contributed by atoms with Crippen LogP contribution in [0, 0.1) is 0 Å². The first-order valence-corrected chi connectivity index (χ1v) is 7.92. The van der Waals surface area contributed by atoms with Gasteiger partial charge in [-0.2, -0.15) is 0 Å². The van der Waals surface area contributed by atoms with Crippen LogP contribution in [-0.2, 0) is 0 Å².